The first-order valence-corrected chi connectivity index (χ1v) is 7.77. The second-order valence-corrected chi connectivity index (χ2v) is 5.53. The molecule has 0 saturated carbocycles. The Labute approximate surface area is 140 Å². The second-order valence-electron chi connectivity index (χ2n) is 5.53. The minimum absolute atomic E-state index is 0.0437. The molecule has 0 aliphatic carbocycles. The summed E-state index contributed by atoms with van der Waals surface area (Å²) in [5.74, 6) is -0.429. The number of halogens is 1. The predicted molar refractivity (Wildman–Crippen MR) is 90.9 cm³/mol. The molecule has 0 saturated heterocycles. The summed E-state index contributed by atoms with van der Waals surface area (Å²) in [5.41, 5.74) is 1.49. The Morgan fingerprint density at radius 1 is 1.17 bits per heavy atom. The largest absolute Gasteiger partial charge is 0.481 e. The second kappa shape index (κ2) is 7.73. The lowest BCUT2D eigenvalue weighted by atomic mass is 10.1. The molecule has 1 unspecified atom stereocenters. The first-order chi connectivity index (χ1) is 11.4. The normalized spacial score (nSPS) is 11.7. The fourth-order valence-electron chi connectivity index (χ4n) is 2.14. The maximum absolute atomic E-state index is 13.8. The zero-order valence-corrected chi connectivity index (χ0v) is 13.9. The molecule has 0 aliphatic rings. The highest BCUT2D eigenvalue weighted by Gasteiger charge is 2.16. The molecule has 0 fully saturated rings. The molecule has 1 N–H and O–H groups in total. The van der Waals surface area contributed by atoms with Gasteiger partial charge >= 0.3 is 0 Å². The minimum Gasteiger partial charge on any atom is -0.481 e. The van der Waals surface area contributed by atoms with Gasteiger partial charge in [-0.1, -0.05) is 13.0 Å². The third-order valence-electron chi connectivity index (χ3n) is 3.56. The molecule has 5 heteroatoms. The van der Waals surface area contributed by atoms with Crippen LogP contribution in [-0.2, 0) is 4.79 Å². The summed E-state index contributed by atoms with van der Waals surface area (Å²) in [4.78, 5) is 23.7. The molecular formula is C19H20FNO3. The third kappa shape index (κ3) is 4.41. The van der Waals surface area contributed by atoms with E-state index in [2.05, 4.69) is 5.32 Å². The van der Waals surface area contributed by atoms with Crippen LogP contribution in [0.5, 0.6) is 5.75 Å². The van der Waals surface area contributed by atoms with Crippen LogP contribution in [-0.4, -0.2) is 17.8 Å². The van der Waals surface area contributed by atoms with E-state index in [-0.39, 0.29) is 11.5 Å². The van der Waals surface area contributed by atoms with E-state index >= 15 is 0 Å². The van der Waals surface area contributed by atoms with Gasteiger partial charge in [-0.15, -0.1) is 0 Å². The molecule has 2 aromatic carbocycles. The quantitative estimate of drug-likeness (QED) is 0.811. The Morgan fingerprint density at radius 2 is 1.83 bits per heavy atom. The van der Waals surface area contributed by atoms with Crippen molar-refractivity contribution in [2.24, 2.45) is 0 Å². The Hall–Kier alpha value is -2.69. The Bertz CT molecular complexity index is 741. The van der Waals surface area contributed by atoms with Crippen LogP contribution in [0.4, 0.5) is 10.1 Å². The van der Waals surface area contributed by atoms with Crippen LogP contribution < -0.4 is 10.1 Å². The van der Waals surface area contributed by atoms with Crippen LogP contribution >= 0.6 is 0 Å². The summed E-state index contributed by atoms with van der Waals surface area (Å²) < 4.78 is 19.3. The van der Waals surface area contributed by atoms with Crippen molar-refractivity contribution in [3.63, 3.8) is 0 Å². The van der Waals surface area contributed by atoms with Gasteiger partial charge in [0.15, 0.2) is 11.9 Å². The number of benzene rings is 2. The summed E-state index contributed by atoms with van der Waals surface area (Å²) in [6, 6.07) is 11.2. The van der Waals surface area contributed by atoms with Crippen molar-refractivity contribution in [2.75, 3.05) is 5.32 Å². The summed E-state index contributed by atoms with van der Waals surface area (Å²) in [6.45, 7) is 5.14. The van der Waals surface area contributed by atoms with Crippen LogP contribution in [0, 0.1) is 12.7 Å². The lowest BCUT2D eigenvalue weighted by molar-refractivity contribution is -0.122. The molecule has 126 valence electrons. The maximum Gasteiger partial charge on any atom is 0.265 e. The van der Waals surface area contributed by atoms with E-state index in [9.17, 15) is 14.0 Å². The van der Waals surface area contributed by atoms with E-state index < -0.39 is 17.8 Å². The van der Waals surface area contributed by atoms with E-state index in [0.29, 0.717) is 17.7 Å². The summed E-state index contributed by atoms with van der Waals surface area (Å²) in [6.07, 6.45) is -0.375. The number of ketones is 1. The average Bonchev–Trinajstić information content (AvgIpc) is 2.57. The molecule has 2 rings (SSSR count). The Morgan fingerprint density at radius 3 is 2.42 bits per heavy atom. The number of anilines is 1. The van der Waals surface area contributed by atoms with Crippen LogP contribution in [0.15, 0.2) is 42.5 Å². The van der Waals surface area contributed by atoms with Gasteiger partial charge in [0.25, 0.3) is 5.91 Å². The molecule has 0 aromatic heterocycles. The van der Waals surface area contributed by atoms with Crippen LogP contribution in [0.1, 0.15) is 36.2 Å². The molecule has 24 heavy (non-hydrogen) atoms. The molecule has 1 atom stereocenters. The van der Waals surface area contributed by atoms with Crippen molar-refractivity contribution in [3.05, 3.63) is 59.4 Å². The lowest BCUT2D eigenvalue weighted by Crippen LogP contribution is -2.30. The molecule has 1 amide bonds. The number of carbonyl (C=O) groups excluding carboxylic acids is 2. The van der Waals surface area contributed by atoms with Crippen molar-refractivity contribution < 1.29 is 18.7 Å². The van der Waals surface area contributed by atoms with Gasteiger partial charge < -0.3 is 10.1 Å². The summed E-state index contributed by atoms with van der Waals surface area (Å²) >= 11 is 0. The standard InChI is InChI=1S/C19H20FNO3/c1-4-18(22)14-6-8-15(9-7-14)24-13(3)19(23)21-17-10-5-12(2)11-16(17)20/h5-11,13H,4H2,1-3H3,(H,21,23). The molecule has 0 spiro atoms. The molecular weight excluding hydrogens is 309 g/mol. The number of aryl methyl sites for hydroxylation is 1. The molecule has 0 bridgehead atoms. The summed E-state index contributed by atoms with van der Waals surface area (Å²) in [5, 5.41) is 2.50. The average molecular weight is 329 g/mol. The van der Waals surface area contributed by atoms with Gasteiger partial charge in [-0.05, 0) is 55.8 Å². The lowest BCUT2D eigenvalue weighted by Gasteiger charge is -2.15. The monoisotopic (exact) mass is 329 g/mol. The SMILES string of the molecule is CCC(=O)c1ccc(OC(C)C(=O)Nc2ccc(C)cc2F)cc1. The van der Waals surface area contributed by atoms with E-state index in [1.807, 2.05) is 0 Å². The minimum atomic E-state index is -0.807. The highest BCUT2D eigenvalue weighted by Crippen LogP contribution is 2.18. The zero-order chi connectivity index (χ0) is 17.7. The molecule has 4 nitrogen and oxygen atoms in total. The number of ether oxygens (including phenoxy) is 1. The van der Waals surface area contributed by atoms with Gasteiger partial charge in [-0.25, -0.2) is 4.39 Å². The number of hydrogen-bond acceptors (Lipinski definition) is 3. The smallest absolute Gasteiger partial charge is 0.265 e. The fourth-order valence-corrected chi connectivity index (χ4v) is 2.14. The molecule has 0 heterocycles. The van der Waals surface area contributed by atoms with E-state index in [1.165, 1.54) is 12.1 Å². The molecule has 0 radical (unpaired) electrons. The highest BCUT2D eigenvalue weighted by atomic mass is 19.1. The molecule has 2 aromatic rings. The van der Waals surface area contributed by atoms with Gasteiger partial charge in [0.2, 0.25) is 0 Å². The maximum atomic E-state index is 13.8. The van der Waals surface area contributed by atoms with Crippen LogP contribution in [0.25, 0.3) is 0 Å². The number of Topliss-reactive ketones (excluding diaryl/α,β-unsaturated/α-hetero) is 1. The van der Waals surface area contributed by atoms with Crippen LogP contribution in [0.3, 0.4) is 0 Å². The topological polar surface area (TPSA) is 55.4 Å². The Balaban J connectivity index is 1.99. The number of rotatable bonds is 6. The van der Waals surface area contributed by atoms with Gasteiger partial charge in [-0.3, -0.25) is 9.59 Å². The predicted octanol–water partition coefficient (Wildman–Crippen LogP) is 4.13. The van der Waals surface area contributed by atoms with E-state index in [1.54, 1.807) is 51.1 Å². The van der Waals surface area contributed by atoms with Gasteiger partial charge in [0, 0.05) is 12.0 Å². The van der Waals surface area contributed by atoms with E-state index in [0.717, 1.165) is 5.56 Å². The number of hydrogen-bond donors (Lipinski definition) is 1. The summed E-state index contributed by atoms with van der Waals surface area (Å²) in [7, 11) is 0. The van der Waals surface area contributed by atoms with Crippen LogP contribution in [0.2, 0.25) is 0 Å². The highest BCUT2D eigenvalue weighted by molar-refractivity contribution is 5.96. The van der Waals surface area contributed by atoms with E-state index in [4.69, 9.17) is 4.74 Å². The van der Waals surface area contributed by atoms with Crippen molar-refractivity contribution >= 4 is 17.4 Å². The van der Waals surface area contributed by atoms with Gasteiger partial charge in [0.05, 0.1) is 5.69 Å². The third-order valence-corrected chi connectivity index (χ3v) is 3.56. The molecule has 0 aliphatic heterocycles. The fraction of sp³-hybridized carbons (Fsp3) is 0.263. The number of carbonyl (C=O) groups is 2. The van der Waals surface area contributed by atoms with Crippen molar-refractivity contribution in [1.82, 2.24) is 0 Å². The van der Waals surface area contributed by atoms with Crippen molar-refractivity contribution in [1.29, 1.82) is 0 Å². The number of amides is 1. The van der Waals surface area contributed by atoms with Crippen molar-refractivity contribution in [3.8, 4) is 5.75 Å². The van der Waals surface area contributed by atoms with Gasteiger partial charge in [-0.2, -0.15) is 0 Å². The number of nitrogens with one attached hydrogen (secondary N) is 1. The first-order valence-electron chi connectivity index (χ1n) is 7.77. The zero-order valence-electron chi connectivity index (χ0n) is 13.9. The van der Waals surface area contributed by atoms with Crippen molar-refractivity contribution in [2.45, 2.75) is 33.3 Å². The Kier molecular flexibility index (Phi) is 5.68. The van der Waals surface area contributed by atoms with Gasteiger partial charge in [0.1, 0.15) is 11.6 Å². The first kappa shape index (κ1) is 17.7.